The van der Waals surface area contributed by atoms with Crippen molar-refractivity contribution in [2.45, 2.75) is 0 Å². The zero-order chi connectivity index (χ0) is 21.5. The monoisotopic (exact) mass is 429 g/mol. The van der Waals surface area contributed by atoms with E-state index in [2.05, 4.69) is 10.6 Å². The van der Waals surface area contributed by atoms with Gasteiger partial charge in [0.15, 0.2) is 5.11 Å². The second kappa shape index (κ2) is 10.0. The van der Waals surface area contributed by atoms with Crippen molar-refractivity contribution >= 4 is 34.8 Å². The van der Waals surface area contributed by atoms with Gasteiger partial charge in [-0.2, -0.15) is 0 Å². The molecule has 0 saturated carbocycles. The normalized spacial score (nSPS) is 13.3. The van der Waals surface area contributed by atoms with Crippen molar-refractivity contribution in [2.24, 2.45) is 0 Å². The lowest BCUT2D eigenvalue weighted by molar-refractivity contribution is 0.0303. The van der Waals surface area contributed by atoms with Crippen LogP contribution < -0.4 is 20.1 Å². The number of methoxy groups -OCH3 is 2. The first-order valence-corrected chi connectivity index (χ1v) is 9.73. The van der Waals surface area contributed by atoms with Gasteiger partial charge in [0.2, 0.25) is 0 Å². The first-order chi connectivity index (χ1) is 14.5. The van der Waals surface area contributed by atoms with Crippen LogP contribution in [0.2, 0.25) is 0 Å². The first-order valence-electron chi connectivity index (χ1n) is 9.32. The van der Waals surface area contributed by atoms with Crippen molar-refractivity contribution in [2.75, 3.05) is 45.8 Å². The summed E-state index contributed by atoms with van der Waals surface area (Å²) in [6.07, 6.45) is 0. The fraction of sp³-hybridized carbons (Fsp3) is 0.286. The van der Waals surface area contributed by atoms with Gasteiger partial charge in [-0.1, -0.05) is 0 Å². The molecule has 9 heteroatoms. The van der Waals surface area contributed by atoms with Crippen molar-refractivity contribution in [1.29, 1.82) is 0 Å². The molecular weight excluding hydrogens is 406 g/mol. The molecule has 0 aromatic heterocycles. The molecule has 1 aliphatic rings. The van der Waals surface area contributed by atoms with E-state index in [9.17, 15) is 9.59 Å². The van der Waals surface area contributed by atoms with Crippen LogP contribution in [-0.2, 0) is 4.74 Å². The molecule has 2 aromatic carbocycles. The molecule has 158 valence electrons. The Morgan fingerprint density at radius 3 is 2.13 bits per heavy atom. The molecule has 1 aliphatic heterocycles. The average molecular weight is 429 g/mol. The molecule has 2 N–H and O–H groups in total. The van der Waals surface area contributed by atoms with E-state index < -0.39 is 5.91 Å². The topological polar surface area (TPSA) is 89.1 Å². The molecule has 0 aliphatic carbocycles. The highest BCUT2D eigenvalue weighted by Gasteiger charge is 2.18. The summed E-state index contributed by atoms with van der Waals surface area (Å²) in [6.45, 7) is 2.28. The Morgan fingerprint density at radius 2 is 1.57 bits per heavy atom. The molecule has 1 fully saturated rings. The Kier molecular flexibility index (Phi) is 7.21. The largest absolute Gasteiger partial charge is 0.497 e. The van der Waals surface area contributed by atoms with E-state index in [1.807, 2.05) is 0 Å². The third-order valence-corrected chi connectivity index (χ3v) is 4.73. The van der Waals surface area contributed by atoms with Gasteiger partial charge in [0.1, 0.15) is 11.5 Å². The molecule has 2 aromatic rings. The Morgan fingerprint density at radius 1 is 0.967 bits per heavy atom. The minimum Gasteiger partial charge on any atom is -0.497 e. The van der Waals surface area contributed by atoms with Gasteiger partial charge in [0.25, 0.3) is 11.8 Å². The zero-order valence-corrected chi connectivity index (χ0v) is 17.6. The van der Waals surface area contributed by atoms with E-state index in [4.69, 9.17) is 26.4 Å². The van der Waals surface area contributed by atoms with E-state index in [1.54, 1.807) is 47.4 Å². The van der Waals surface area contributed by atoms with E-state index in [1.165, 1.54) is 14.2 Å². The van der Waals surface area contributed by atoms with Gasteiger partial charge in [-0.25, -0.2) is 0 Å². The summed E-state index contributed by atoms with van der Waals surface area (Å²) in [5.74, 6) is 0.564. The molecule has 30 heavy (non-hydrogen) atoms. The van der Waals surface area contributed by atoms with Crippen LogP contribution in [0.15, 0.2) is 42.5 Å². The molecular formula is C21H23N3O5S. The third-order valence-electron chi connectivity index (χ3n) is 4.53. The van der Waals surface area contributed by atoms with Gasteiger partial charge in [0, 0.05) is 36.0 Å². The minimum atomic E-state index is -0.399. The molecule has 0 radical (unpaired) electrons. The van der Waals surface area contributed by atoms with Crippen LogP contribution in [0.5, 0.6) is 11.5 Å². The number of hydrogen-bond donors (Lipinski definition) is 2. The van der Waals surface area contributed by atoms with Crippen LogP contribution in [0.25, 0.3) is 0 Å². The molecule has 1 saturated heterocycles. The lowest BCUT2D eigenvalue weighted by atomic mass is 10.1. The highest BCUT2D eigenvalue weighted by Crippen LogP contribution is 2.22. The maximum absolute atomic E-state index is 12.5. The maximum atomic E-state index is 12.5. The number of benzene rings is 2. The van der Waals surface area contributed by atoms with Gasteiger partial charge in [-0.05, 0) is 48.6 Å². The van der Waals surface area contributed by atoms with Crippen LogP contribution in [0, 0.1) is 0 Å². The summed E-state index contributed by atoms with van der Waals surface area (Å²) in [4.78, 5) is 26.7. The van der Waals surface area contributed by atoms with E-state index >= 15 is 0 Å². The van der Waals surface area contributed by atoms with Crippen LogP contribution >= 0.6 is 12.2 Å². The standard InChI is InChI=1S/C21H23N3O5S/c1-27-17-11-15(12-18(13-17)28-2)19(25)23-21(30)22-16-5-3-14(4-6-16)20(26)24-7-9-29-10-8-24/h3-6,11-13H,7-10H2,1-2H3,(H2,22,23,25,30). The maximum Gasteiger partial charge on any atom is 0.257 e. The highest BCUT2D eigenvalue weighted by atomic mass is 32.1. The molecule has 1 heterocycles. The molecule has 0 atom stereocenters. The molecule has 0 spiro atoms. The Balaban J connectivity index is 1.59. The predicted octanol–water partition coefficient (Wildman–Crippen LogP) is 2.30. The summed E-state index contributed by atoms with van der Waals surface area (Å²) >= 11 is 5.23. The lowest BCUT2D eigenvalue weighted by Gasteiger charge is -2.26. The minimum absolute atomic E-state index is 0.0345. The van der Waals surface area contributed by atoms with Crippen LogP contribution in [0.4, 0.5) is 5.69 Å². The Hall–Kier alpha value is -3.17. The number of carbonyl (C=O) groups excluding carboxylic acids is 2. The second-order valence-corrected chi connectivity index (χ2v) is 6.90. The van der Waals surface area contributed by atoms with E-state index in [-0.39, 0.29) is 11.0 Å². The number of nitrogens with one attached hydrogen (secondary N) is 2. The number of rotatable bonds is 5. The highest BCUT2D eigenvalue weighted by molar-refractivity contribution is 7.80. The zero-order valence-electron chi connectivity index (χ0n) is 16.8. The van der Waals surface area contributed by atoms with E-state index in [0.717, 1.165) is 0 Å². The summed E-state index contributed by atoms with van der Waals surface area (Å²) < 4.78 is 15.6. The van der Waals surface area contributed by atoms with Crippen LogP contribution in [0.1, 0.15) is 20.7 Å². The van der Waals surface area contributed by atoms with Gasteiger partial charge in [-0.15, -0.1) is 0 Å². The van der Waals surface area contributed by atoms with Crippen molar-refractivity contribution in [3.05, 3.63) is 53.6 Å². The predicted molar refractivity (Wildman–Crippen MR) is 116 cm³/mol. The number of nitrogens with zero attached hydrogens (tertiary/aromatic N) is 1. The second-order valence-electron chi connectivity index (χ2n) is 6.49. The Labute approximate surface area is 180 Å². The summed E-state index contributed by atoms with van der Waals surface area (Å²) in [5.41, 5.74) is 1.59. The number of morpholine rings is 1. The third kappa shape index (κ3) is 5.46. The fourth-order valence-corrected chi connectivity index (χ4v) is 3.13. The van der Waals surface area contributed by atoms with Crippen molar-refractivity contribution in [3.8, 4) is 11.5 Å². The van der Waals surface area contributed by atoms with Crippen molar-refractivity contribution < 1.29 is 23.8 Å². The SMILES string of the molecule is COc1cc(OC)cc(C(=O)NC(=S)Nc2ccc(C(=O)N3CCOCC3)cc2)c1. The Bertz CT molecular complexity index is 904. The first kappa shape index (κ1) is 21.5. The van der Waals surface area contributed by atoms with Gasteiger partial charge in [0.05, 0.1) is 27.4 Å². The number of carbonyl (C=O) groups is 2. The number of amides is 2. The molecule has 8 nitrogen and oxygen atoms in total. The van der Waals surface area contributed by atoms with Gasteiger partial charge < -0.3 is 24.4 Å². The fourth-order valence-electron chi connectivity index (χ4n) is 2.92. The molecule has 2 amide bonds. The van der Waals surface area contributed by atoms with Crippen molar-refractivity contribution in [1.82, 2.24) is 10.2 Å². The van der Waals surface area contributed by atoms with E-state index in [0.29, 0.717) is 54.6 Å². The molecule has 0 unspecified atom stereocenters. The smallest absolute Gasteiger partial charge is 0.257 e. The van der Waals surface area contributed by atoms with Crippen molar-refractivity contribution in [3.63, 3.8) is 0 Å². The molecule has 3 rings (SSSR count). The summed E-state index contributed by atoms with van der Waals surface area (Å²) in [5, 5.41) is 5.69. The van der Waals surface area contributed by atoms with Crippen LogP contribution in [-0.4, -0.2) is 62.3 Å². The lowest BCUT2D eigenvalue weighted by Crippen LogP contribution is -2.40. The van der Waals surface area contributed by atoms with Crippen LogP contribution in [0.3, 0.4) is 0 Å². The summed E-state index contributed by atoms with van der Waals surface area (Å²) in [7, 11) is 3.02. The molecule has 0 bridgehead atoms. The summed E-state index contributed by atoms with van der Waals surface area (Å²) in [6, 6.07) is 11.8. The number of anilines is 1. The van der Waals surface area contributed by atoms with Gasteiger partial charge in [-0.3, -0.25) is 14.9 Å². The number of thiocarbonyl (C=S) groups is 1. The van der Waals surface area contributed by atoms with Gasteiger partial charge >= 0.3 is 0 Å². The number of ether oxygens (including phenoxy) is 3. The average Bonchev–Trinajstić information content (AvgIpc) is 2.79. The quantitative estimate of drug-likeness (QED) is 0.705. The number of hydrogen-bond acceptors (Lipinski definition) is 6.